The molecule has 3 N–H and O–H groups in total. The molecule has 6 heteroatoms. The lowest BCUT2D eigenvalue weighted by Crippen LogP contribution is -2.50. The first-order chi connectivity index (χ1) is 10.0. The van der Waals surface area contributed by atoms with Crippen LogP contribution in [-0.2, 0) is 6.61 Å². The minimum atomic E-state index is -0.270. The molecular formula is C15H27N3O3. The first kappa shape index (κ1) is 17.7. The van der Waals surface area contributed by atoms with Crippen molar-refractivity contribution in [2.45, 2.75) is 53.2 Å². The lowest BCUT2D eigenvalue weighted by molar-refractivity contribution is 0.0864. The molecule has 0 aliphatic carbocycles. The van der Waals surface area contributed by atoms with Crippen LogP contribution in [0.3, 0.4) is 0 Å². The first-order valence-electron chi connectivity index (χ1n) is 7.61. The Labute approximate surface area is 126 Å². The fraction of sp³-hybridized carbons (Fsp3) is 0.733. The number of hydrogen-bond donors (Lipinski definition) is 3. The molecule has 0 aromatic carbocycles. The lowest BCUT2D eigenvalue weighted by atomic mass is 9.76. The maximum atomic E-state index is 12.2. The predicted molar refractivity (Wildman–Crippen MR) is 80.9 cm³/mol. The Morgan fingerprint density at radius 1 is 1.43 bits per heavy atom. The lowest BCUT2D eigenvalue weighted by Gasteiger charge is -2.38. The molecule has 1 atom stereocenters. The molecule has 1 heterocycles. The molecule has 0 fully saturated rings. The van der Waals surface area contributed by atoms with Crippen molar-refractivity contribution in [3.05, 3.63) is 17.5 Å². The second kappa shape index (κ2) is 8.14. The number of hydrogen-bond acceptors (Lipinski definition) is 5. The molecular weight excluding hydrogens is 270 g/mol. The highest BCUT2D eigenvalue weighted by Gasteiger charge is 2.33. The number of nitrogens with one attached hydrogen (secondary N) is 2. The van der Waals surface area contributed by atoms with Gasteiger partial charge in [-0.2, -0.15) is 0 Å². The summed E-state index contributed by atoms with van der Waals surface area (Å²) in [5.74, 6) is 0.0198. The van der Waals surface area contributed by atoms with E-state index in [9.17, 15) is 4.79 Å². The molecule has 120 valence electrons. The van der Waals surface area contributed by atoms with Gasteiger partial charge >= 0.3 is 0 Å². The second-order valence-corrected chi connectivity index (χ2v) is 5.38. The van der Waals surface area contributed by atoms with Crippen molar-refractivity contribution >= 4 is 5.91 Å². The fourth-order valence-electron chi connectivity index (χ4n) is 2.56. The van der Waals surface area contributed by atoms with Gasteiger partial charge in [0.2, 0.25) is 0 Å². The fourth-order valence-corrected chi connectivity index (χ4v) is 2.56. The van der Waals surface area contributed by atoms with Gasteiger partial charge in [-0.1, -0.05) is 25.9 Å². The van der Waals surface area contributed by atoms with Gasteiger partial charge in [0.25, 0.3) is 5.91 Å². The summed E-state index contributed by atoms with van der Waals surface area (Å²) in [6.45, 7) is 9.89. The number of aromatic nitrogens is 1. The van der Waals surface area contributed by atoms with Gasteiger partial charge in [0, 0.05) is 24.1 Å². The quantitative estimate of drug-likeness (QED) is 0.646. The minimum absolute atomic E-state index is 0.00771. The van der Waals surface area contributed by atoms with Crippen molar-refractivity contribution in [3.63, 3.8) is 0 Å². The van der Waals surface area contributed by atoms with Crippen molar-refractivity contribution in [3.8, 4) is 0 Å². The van der Waals surface area contributed by atoms with Gasteiger partial charge in [-0.3, -0.25) is 4.79 Å². The Hall–Kier alpha value is -1.40. The number of aliphatic hydroxyl groups excluding tert-OH is 1. The van der Waals surface area contributed by atoms with Crippen LogP contribution in [0.15, 0.2) is 10.6 Å². The summed E-state index contributed by atoms with van der Waals surface area (Å²) < 4.78 is 4.85. The van der Waals surface area contributed by atoms with E-state index in [0.717, 1.165) is 25.9 Å². The van der Waals surface area contributed by atoms with Gasteiger partial charge in [-0.25, -0.2) is 0 Å². The van der Waals surface area contributed by atoms with Gasteiger partial charge in [0.15, 0.2) is 11.5 Å². The maximum Gasteiger partial charge on any atom is 0.273 e. The van der Waals surface area contributed by atoms with E-state index in [1.54, 1.807) is 0 Å². The largest absolute Gasteiger partial charge is 0.388 e. The summed E-state index contributed by atoms with van der Waals surface area (Å²) >= 11 is 0. The zero-order valence-corrected chi connectivity index (χ0v) is 13.4. The number of nitrogens with zero attached hydrogens (tertiary/aromatic N) is 1. The van der Waals surface area contributed by atoms with Crippen LogP contribution >= 0.6 is 0 Å². The van der Waals surface area contributed by atoms with Crippen LogP contribution in [-0.4, -0.2) is 35.3 Å². The van der Waals surface area contributed by atoms with Crippen molar-refractivity contribution in [1.82, 2.24) is 15.8 Å². The number of aliphatic hydroxyl groups is 1. The first-order valence-corrected chi connectivity index (χ1v) is 7.61. The molecule has 1 rings (SSSR count). The van der Waals surface area contributed by atoms with Crippen LogP contribution in [0.4, 0.5) is 0 Å². The van der Waals surface area contributed by atoms with Crippen LogP contribution in [0, 0.1) is 5.41 Å². The molecule has 0 spiro atoms. The Morgan fingerprint density at radius 3 is 2.57 bits per heavy atom. The topological polar surface area (TPSA) is 87.4 Å². The molecule has 0 saturated carbocycles. The molecule has 0 saturated heterocycles. The van der Waals surface area contributed by atoms with E-state index in [1.807, 2.05) is 6.92 Å². The van der Waals surface area contributed by atoms with E-state index < -0.39 is 0 Å². The van der Waals surface area contributed by atoms with Crippen molar-refractivity contribution < 1.29 is 14.4 Å². The number of amides is 1. The molecule has 0 radical (unpaired) electrons. The highest BCUT2D eigenvalue weighted by molar-refractivity contribution is 5.92. The van der Waals surface area contributed by atoms with Crippen LogP contribution in [0.2, 0.25) is 0 Å². The van der Waals surface area contributed by atoms with E-state index in [2.05, 4.69) is 36.6 Å². The average Bonchev–Trinajstić information content (AvgIpc) is 2.98. The monoisotopic (exact) mass is 297 g/mol. The van der Waals surface area contributed by atoms with E-state index in [-0.39, 0.29) is 35.4 Å². The Balaban J connectivity index is 2.75. The highest BCUT2D eigenvalue weighted by atomic mass is 16.5. The molecule has 1 aromatic rings. The van der Waals surface area contributed by atoms with Gasteiger partial charge in [-0.15, -0.1) is 0 Å². The SMILES string of the molecule is CCNCC(CC)(CC)C(C)NC(=O)c1cc(CO)on1. The third kappa shape index (κ3) is 4.28. The maximum absolute atomic E-state index is 12.2. The van der Waals surface area contributed by atoms with Crippen molar-refractivity contribution in [2.75, 3.05) is 13.1 Å². The Kier molecular flexibility index (Phi) is 6.84. The predicted octanol–water partition coefficient (Wildman–Crippen LogP) is 1.70. The van der Waals surface area contributed by atoms with Crippen LogP contribution in [0.5, 0.6) is 0 Å². The smallest absolute Gasteiger partial charge is 0.273 e. The zero-order chi connectivity index (χ0) is 15.9. The van der Waals surface area contributed by atoms with Crippen molar-refractivity contribution in [2.24, 2.45) is 5.41 Å². The summed E-state index contributed by atoms with van der Waals surface area (Å²) in [5.41, 5.74) is 0.213. The number of rotatable bonds is 9. The Morgan fingerprint density at radius 2 is 2.10 bits per heavy atom. The van der Waals surface area contributed by atoms with Gasteiger partial charge in [0.1, 0.15) is 6.61 Å². The summed E-state index contributed by atoms with van der Waals surface area (Å²) in [4.78, 5) is 12.2. The Bertz CT molecular complexity index is 441. The molecule has 0 aliphatic heterocycles. The third-order valence-electron chi connectivity index (χ3n) is 4.35. The standard InChI is InChI=1S/C15H27N3O3/c1-5-15(6-2,10-16-7-3)11(4)17-14(20)13-8-12(9-19)21-18-13/h8,11,16,19H,5-7,9-10H2,1-4H3,(H,17,20). The minimum Gasteiger partial charge on any atom is -0.388 e. The molecule has 0 bridgehead atoms. The van der Waals surface area contributed by atoms with Crippen molar-refractivity contribution in [1.29, 1.82) is 0 Å². The van der Waals surface area contributed by atoms with E-state index >= 15 is 0 Å². The highest BCUT2D eigenvalue weighted by Crippen LogP contribution is 2.30. The molecule has 1 unspecified atom stereocenters. The number of carbonyl (C=O) groups is 1. The summed E-state index contributed by atoms with van der Waals surface area (Å²) in [6.07, 6.45) is 1.94. The van der Waals surface area contributed by atoms with Crippen LogP contribution in [0.1, 0.15) is 56.8 Å². The third-order valence-corrected chi connectivity index (χ3v) is 4.35. The normalized spacial score (nSPS) is 13.2. The molecule has 1 amide bonds. The van der Waals surface area contributed by atoms with Gasteiger partial charge < -0.3 is 20.3 Å². The molecule has 1 aromatic heterocycles. The molecule has 6 nitrogen and oxygen atoms in total. The van der Waals surface area contributed by atoms with E-state index in [4.69, 9.17) is 9.63 Å². The van der Waals surface area contributed by atoms with Crippen LogP contribution in [0.25, 0.3) is 0 Å². The average molecular weight is 297 g/mol. The summed E-state index contributed by atoms with van der Waals surface area (Å²) in [7, 11) is 0. The van der Waals surface area contributed by atoms with E-state index in [0.29, 0.717) is 0 Å². The molecule has 0 aliphatic rings. The van der Waals surface area contributed by atoms with Gasteiger partial charge in [0.05, 0.1) is 0 Å². The molecule has 21 heavy (non-hydrogen) atoms. The summed E-state index contributed by atoms with van der Waals surface area (Å²) in [5, 5.41) is 19.0. The summed E-state index contributed by atoms with van der Waals surface area (Å²) in [6, 6.07) is 1.47. The number of carbonyl (C=O) groups excluding carboxylic acids is 1. The van der Waals surface area contributed by atoms with E-state index in [1.165, 1.54) is 6.07 Å². The van der Waals surface area contributed by atoms with Crippen LogP contribution < -0.4 is 10.6 Å². The zero-order valence-electron chi connectivity index (χ0n) is 13.4. The van der Waals surface area contributed by atoms with Gasteiger partial charge in [-0.05, 0) is 26.3 Å². The second-order valence-electron chi connectivity index (χ2n) is 5.38.